The molecule has 0 bridgehead atoms. The first-order valence-electron chi connectivity index (χ1n) is 11.1. The van der Waals surface area contributed by atoms with Crippen molar-refractivity contribution in [1.29, 1.82) is 0 Å². The predicted molar refractivity (Wildman–Crippen MR) is 129 cm³/mol. The molecular formula is C24H26N4O4S. The maximum atomic E-state index is 12.9. The first-order chi connectivity index (χ1) is 16.2. The van der Waals surface area contributed by atoms with Crippen molar-refractivity contribution in [2.45, 2.75) is 32.0 Å². The molecule has 0 unspecified atom stereocenters. The van der Waals surface area contributed by atoms with E-state index < -0.39 is 0 Å². The van der Waals surface area contributed by atoms with Crippen molar-refractivity contribution in [1.82, 2.24) is 20.2 Å². The summed E-state index contributed by atoms with van der Waals surface area (Å²) in [5.41, 5.74) is 2.18. The van der Waals surface area contributed by atoms with Gasteiger partial charge in [-0.05, 0) is 48.8 Å². The van der Waals surface area contributed by atoms with Crippen LogP contribution in [0, 0.1) is 0 Å². The van der Waals surface area contributed by atoms with E-state index in [1.807, 2.05) is 41.4 Å². The Labute approximate surface area is 196 Å². The molecule has 33 heavy (non-hydrogen) atoms. The van der Waals surface area contributed by atoms with Crippen molar-refractivity contribution < 1.29 is 14.2 Å². The van der Waals surface area contributed by atoms with Crippen molar-refractivity contribution in [2.75, 3.05) is 26.4 Å². The molecular weight excluding hydrogens is 440 g/mol. The van der Waals surface area contributed by atoms with Crippen LogP contribution in [0.15, 0.2) is 47.5 Å². The second kappa shape index (κ2) is 9.76. The molecule has 0 aliphatic carbocycles. The van der Waals surface area contributed by atoms with Gasteiger partial charge >= 0.3 is 0 Å². The van der Waals surface area contributed by atoms with Gasteiger partial charge in [0.15, 0.2) is 16.6 Å². The highest BCUT2D eigenvalue weighted by molar-refractivity contribution is 7.80. The fourth-order valence-corrected chi connectivity index (χ4v) is 4.35. The van der Waals surface area contributed by atoms with E-state index in [2.05, 4.69) is 15.3 Å². The molecule has 5 rings (SSSR count). The molecule has 1 fully saturated rings. The van der Waals surface area contributed by atoms with Crippen LogP contribution in [0.1, 0.15) is 24.0 Å². The molecule has 2 aromatic heterocycles. The van der Waals surface area contributed by atoms with Gasteiger partial charge in [0, 0.05) is 49.1 Å². The van der Waals surface area contributed by atoms with Crippen LogP contribution in [-0.2, 0) is 17.8 Å². The number of nitrogens with zero attached hydrogens (tertiary/aromatic N) is 2. The molecule has 0 amide bonds. The number of ether oxygens (including phenoxy) is 3. The molecule has 9 heteroatoms. The van der Waals surface area contributed by atoms with Crippen molar-refractivity contribution in [3.8, 4) is 11.5 Å². The van der Waals surface area contributed by atoms with Crippen LogP contribution < -0.4 is 20.3 Å². The first kappa shape index (κ1) is 21.7. The number of thiocarbonyl (C=S) groups is 1. The van der Waals surface area contributed by atoms with E-state index in [9.17, 15) is 4.79 Å². The second-order valence-electron chi connectivity index (χ2n) is 8.25. The van der Waals surface area contributed by atoms with E-state index in [1.54, 1.807) is 6.20 Å². The minimum atomic E-state index is -0.155. The highest BCUT2D eigenvalue weighted by Crippen LogP contribution is 2.33. The fraction of sp³-hybridized carbons (Fsp3) is 0.375. The quantitative estimate of drug-likeness (QED) is 0.536. The number of fused-ring (bicyclic) bond motifs is 2. The molecule has 3 aromatic rings. The summed E-state index contributed by atoms with van der Waals surface area (Å²) in [6.07, 6.45) is 5.81. The zero-order valence-electron chi connectivity index (χ0n) is 18.2. The zero-order valence-corrected chi connectivity index (χ0v) is 19.0. The molecule has 2 aliphatic rings. The van der Waals surface area contributed by atoms with E-state index in [1.165, 1.54) is 0 Å². The Bertz CT molecular complexity index is 1190. The van der Waals surface area contributed by atoms with Crippen LogP contribution in [0.5, 0.6) is 11.5 Å². The summed E-state index contributed by atoms with van der Waals surface area (Å²) in [5.74, 6) is 1.34. The Morgan fingerprint density at radius 1 is 1.18 bits per heavy atom. The Kier molecular flexibility index (Phi) is 6.41. The van der Waals surface area contributed by atoms with E-state index in [0.717, 1.165) is 30.4 Å². The highest BCUT2D eigenvalue weighted by atomic mass is 32.1. The molecule has 1 aromatic carbocycles. The third-order valence-corrected chi connectivity index (χ3v) is 6.24. The van der Waals surface area contributed by atoms with Crippen LogP contribution >= 0.6 is 12.2 Å². The number of aromatic amines is 1. The van der Waals surface area contributed by atoms with Crippen molar-refractivity contribution >= 4 is 28.2 Å². The van der Waals surface area contributed by atoms with Crippen LogP contribution in [-0.4, -0.2) is 52.4 Å². The Morgan fingerprint density at radius 2 is 2.03 bits per heavy atom. The summed E-state index contributed by atoms with van der Waals surface area (Å²) < 4.78 is 17.0. The minimum absolute atomic E-state index is 0.155. The maximum absolute atomic E-state index is 12.9. The Balaban J connectivity index is 1.40. The van der Waals surface area contributed by atoms with Gasteiger partial charge in [-0.25, -0.2) is 0 Å². The smallest absolute Gasteiger partial charge is 0.253 e. The van der Waals surface area contributed by atoms with Gasteiger partial charge in [-0.1, -0.05) is 6.07 Å². The summed E-state index contributed by atoms with van der Waals surface area (Å²) in [4.78, 5) is 22.1. The zero-order chi connectivity index (χ0) is 22.6. The lowest BCUT2D eigenvalue weighted by Crippen LogP contribution is -2.42. The van der Waals surface area contributed by atoms with Gasteiger partial charge < -0.3 is 29.4 Å². The molecule has 2 N–H and O–H groups in total. The van der Waals surface area contributed by atoms with Crippen molar-refractivity contribution in [3.05, 3.63) is 64.2 Å². The van der Waals surface area contributed by atoms with Gasteiger partial charge in [-0.3, -0.25) is 9.78 Å². The monoisotopic (exact) mass is 466 g/mol. The predicted octanol–water partition coefficient (Wildman–Crippen LogP) is 2.75. The van der Waals surface area contributed by atoms with Gasteiger partial charge in [-0.15, -0.1) is 0 Å². The summed E-state index contributed by atoms with van der Waals surface area (Å²) in [6, 6.07) is 9.51. The largest absolute Gasteiger partial charge is 0.486 e. The average molecular weight is 467 g/mol. The maximum Gasteiger partial charge on any atom is 0.253 e. The SMILES string of the molecule is O=c1[nH]c2cc3c(cc2cc1CN(Cc1cccnc1)C(=S)NC[C@@H]1CCCO1)OCCO3. The lowest BCUT2D eigenvalue weighted by molar-refractivity contribution is 0.113. The second-order valence-corrected chi connectivity index (χ2v) is 8.63. The van der Waals surface area contributed by atoms with Gasteiger partial charge in [0.2, 0.25) is 0 Å². The van der Waals surface area contributed by atoms with Gasteiger partial charge in [-0.2, -0.15) is 0 Å². The molecule has 1 saturated heterocycles. The molecule has 8 nitrogen and oxygen atoms in total. The van der Waals surface area contributed by atoms with Crippen molar-refractivity contribution in [2.24, 2.45) is 0 Å². The van der Waals surface area contributed by atoms with E-state index in [-0.39, 0.29) is 11.7 Å². The minimum Gasteiger partial charge on any atom is -0.486 e. The molecule has 0 saturated carbocycles. The van der Waals surface area contributed by atoms with Crippen LogP contribution in [0.25, 0.3) is 10.9 Å². The highest BCUT2D eigenvalue weighted by Gasteiger charge is 2.19. The summed E-state index contributed by atoms with van der Waals surface area (Å²) in [7, 11) is 0. The standard InChI is InChI=1S/C24H26N4O4S/c29-23-18(9-17-10-21-22(11-20(17)27-23)32-8-7-31-21)15-28(14-16-3-1-5-25-12-16)24(33)26-13-19-4-2-6-30-19/h1,3,5,9-12,19H,2,4,6-8,13-15H2,(H,26,33)(H,27,29)/t19-/m0/s1. The summed E-state index contributed by atoms with van der Waals surface area (Å²) in [6.45, 7) is 3.35. The van der Waals surface area contributed by atoms with E-state index in [4.69, 9.17) is 26.4 Å². The lowest BCUT2D eigenvalue weighted by Gasteiger charge is -2.27. The summed E-state index contributed by atoms with van der Waals surface area (Å²) >= 11 is 5.72. The molecule has 0 radical (unpaired) electrons. The van der Waals surface area contributed by atoms with Crippen LogP contribution in [0.3, 0.4) is 0 Å². The van der Waals surface area contributed by atoms with Gasteiger partial charge in [0.25, 0.3) is 5.56 Å². The van der Waals surface area contributed by atoms with Crippen LogP contribution in [0.2, 0.25) is 0 Å². The molecule has 4 heterocycles. The van der Waals surface area contributed by atoms with Crippen LogP contribution in [0.4, 0.5) is 0 Å². The third kappa shape index (κ3) is 5.09. The van der Waals surface area contributed by atoms with Gasteiger partial charge in [0.05, 0.1) is 18.2 Å². The number of hydrogen-bond acceptors (Lipinski definition) is 6. The number of hydrogen-bond donors (Lipinski definition) is 2. The average Bonchev–Trinajstić information content (AvgIpc) is 3.36. The molecule has 0 spiro atoms. The van der Waals surface area contributed by atoms with Gasteiger partial charge in [0.1, 0.15) is 13.2 Å². The number of nitrogens with one attached hydrogen (secondary N) is 2. The fourth-order valence-electron chi connectivity index (χ4n) is 4.14. The molecule has 2 aliphatic heterocycles. The Morgan fingerprint density at radius 3 is 2.79 bits per heavy atom. The third-order valence-electron chi connectivity index (χ3n) is 5.83. The normalized spacial score (nSPS) is 17.2. The molecule has 1 atom stereocenters. The van der Waals surface area contributed by atoms with E-state index >= 15 is 0 Å². The number of aromatic nitrogens is 2. The molecule has 172 valence electrons. The van der Waals surface area contributed by atoms with Crippen molar-refractivity contribution in [3.63, 3.8) is 0 Å². The lowest BCUT2D eigenvalue weighted by atomic mass is 10.1. The van der Waals surface area contributed by atoms with E-state index in [0.29, 0.717) is 60.5 Å². The Hall–Kier alpha value is -3.17. The number of rotatable bonds is 6. The summed E-state index contributed by atoms with van der Waals surface area (Å²) in [5, 5.41) is 4.79. The topological polar surface area (TPSA) is 88.7 Å². The number of benzene rings is 1. The number of pyridine rings is 2. The number of H-pyrrole nitrogens is 1. The first-order valence-corrected chi connectivity index (χ1v) is 11.6.